The third-order valence-electron chi connectivity index (χ3n) is 3.03. The normalized spacial score (nSPS) is 15.4. The molecule has 0 bridgehead atoms. The Morgan fingerprint density at radius 1 is 1.38 bits per heavy atom. The van der Waals surface area contributed by atoms with Crippen LogP contribution in [0.2, 0.25) is 0 Å². The molecule has 0 amide bonds. The summed E-state index contributed by atoms with van der Waals surface area (Å²) in [6.07, 6.45) is 3.56. The molecule has 4 nitrogen and oxygen atoms in total. The molecule has 1 aromatic rings. The van der Waals surface area contributed by atoms with Crippen LogP contribution in [0.1, 0.15) is 39.9 Å². The topological polar surface area (TPSA) is 56.7 Å². The second kappa shape index (κ2) is 5.99. The largest absolute Gasteiger partial charge is 0.327 e. The van der Waals surface area contributed by atoms with E-state index in [-0.39, 0.29) is 6.04 Å². The summed E-state index contributed by atoms with van der Waals surface area (Å²) in [5.41, 5.74) is 6.14. The van der Waals surface area contributed by atoms with E-state index in [1.165, 1.54) is 0 Å². The van der Waals surface area contributed by atoms with Crippen molar-refractivity contribution in [3.63, 3.8) is 0 Å². The van der Waals surface area contributed by atoms with Crippen LogP contribution in [0.15, 0.2) is 6.33 Å². The Labute approximate surface area is 98.2 Å². The Bertz CT molecular complexity index is 306. The van der Waals surface area contributed by atoms with E-state index in [1.807, 2.05) is 4.68 Å². The van der Waals surface area contributed by atoms with Gasteiger partial charge in [0.15, 0.2) is 0 Å². The van der Waals surface area contributed by atoms with Crippen molar-refractivity contribution in [2.24, 2.45) is 17.6 Å². The summed E-state index contributed by atoms with van der Waals surface area (Å²) in [7, 11) is 0. The number of aromatic nitrogens is 3. The fourth-order valence-corrected chi connectivity index (χ4v) is 1.66. The Kier molecular flexibility index (Phi) is 4.93. The standard InChI is InChI=1S/C12H24N4/c1-5-10(4)11(13)6-12-14-8-15-16(12)7-9(2)3/h8-11H,5-7,13H2,1-4H3. The summed E-state index contributed by atoms with van der Waals surface area (Å²) in [4.78, 5) is 4.30. The average Bonchev–Trinajstić information content (AvgIpc) is 2.63. The lowest BCUT2D eigenvalue weighted by atomic mass is 9.97. The molecule has 0 radical (unpaired) electrons. The van der Waals surface area contributed by atoms with Gasteiger partial charge in [0.1, 0.15) is 12.2 Å². The summed E-state index contributed by atoms with van der Waals surface area (Å²) in [6.45, 7) is 9.64. The SMILES string of the molecule is CCC(C)C(N)Cc1ncnn1CC(C)C. The molecule has 1 heterocycles. The van der Waals surface area contributed by atoms with Gasteiger partial charge in [-0.25, -0.2) is 9.67 Å². The van der Waals surface area contributed by atoms with Gasteiger partial charge in [0.25, 0.3) is 0 Å². The van der Waals surface area contributed by atoms with E-state index in [0.29, 0.717) is 11.8 Å². The molecule has 0 aliphatic heterocycles. The van der Waals surface area contributed by atoms with E-state index in [0.717, 1.165) is 25.2 Å². The van der Waals surface area contributed by atoms with E-state index in [9.17, 15) is 0 Å². The van der Waals surface area contributed by atoms with Gasteiger partial charge in [-0.1, -0.05) is 34.1 Å². The predicted octanol–water partition coefficient (Wildman–Crippen LogP) is 1.85. The van der Waals surface area contributed by atoms with Crippen LogP contribution in [0.4, 0.5) is 0 Å². The highest BCUT2D eigenvalue weighted by atomic mass is 15.3. The number of nitrogens with zero attached hydrogens (tertiary/aromatic N) is 3. The lowest BCUT2D eigenvalue weighted by Crippen LogP contribution is -2.31. The van der Waals surface area contributed by atoms with Crippen molar-refractivity contribution in [1.29, 1.82) is 0 Å². The van der Waals surface area contributed by atoms with Crippen LogP contribution >= 0.6 is 0 Å². The summed E-state index contributed by atoms with van der Waals surface area (Å²) in [5.74, 6) is 2.13. The zero-order valence-corrected chi connectivity index (χ0v) is 10.8. The molecule has 1 aromatic heterocycles. The van der Waals surface area contributed by atoms with Crippen molar-refractivity contribution in [3.05, 3.63) is 12.2 Å². The van der Waals surface area contributed by atoms with Gasteiger partial charge in [-0.2, -0.15) is 5.10 Å². The van der Waals surface area contributed by atoms with Gasteiger partial charge >= 0.3 is 0 Å². The molecule has 0 fully saturated rings. The molecule has 92 valence electrons. The third-order valence-corrected chi connectivity index (χ3v) is 3.03. The van der Waals surface area contributed by atoms with Gasteiger partial charge in [-0.3, -0.25) is 0 Å². The van der Waals surface area contributed by atoms with Crippen molar-refractivity contribution >= 4 is 0 Å². The third kappa shape index (κ3) is 3.59. The maximum Gasteiger partial charge on any atom is 0.138 e. The minimum atomic E-state index is 0.181. The summed E-state index contributed by atoms with van der Waals surface area (Å²) in [6, 6.07) is 0.181. The fraction of sp³-hybridized carbons (Fsp3) is 0.833. The minimum Gasteiger partial charge on any atom is -0.327 e. The second-order valence-corrected chi connectivity index (χ2v) is 5.01. The lowest BCUT2D eigenvalue weighted by molar-refractivity contribution is 0.409. The maximum atomic E-state index is 6.14. The van der Waals surface area contributed by atoms with Crippen molar-refractivity contribution in [2.75, 3.05) is 0 Å². The molecule has 0 aromatic carbocycles. The lowest BCUT2D eigenvalue weighted by Gasteiger charge is -2.18. The highest BCUT2D eigenvalue weighted by Crippen LogP contribution is 2.10. The van der Waals surface area contributed by atoms with E-state index >= 15 is 0 Å². The quantitative estimate of drug-likeness (QED) is 0.802. The molecular formula is C12H24N4. The molecule has 4 heteroatoms. The molecule has 0 aliphatic carbocycles. The first kappa shape index (κ1) is 13.2. The van der Waals surface area contributed by atoms with Crippen LogP contribution < -0.4 is 5.73 Å². The molecule has 1 rings (SSSR count). The first-order chi connectivity index (χ1) is 7.54. The Balaban J connectivity index is 2.62. The number of nitrogens with two attached hydrogens (primary N) is 1. The molecular weight excluding hydrogens is 200 g/mol. The zero-order valence-electron chi connectivity index (χ0n) is 10.8. The molecule has 0 spiro atoms. The van der Waals surface area contributed by atoms with Crippen LogP contribution in [0.5, 0.6) is 0 Å². The van der Waals surface area contributed by atoms with E-state index in [1.54, 1.807) is 6.33 Å². The van der Waals surface area contributed by atoms with Crippen molar-refractivity contribution in [3.8, 4) is 0 Å². The van der Waals surface area contributed by atoms with Crippen LogP contribution in [0.25, 0.3) is 0 Å². The summed E-state index contributed by atoms with van der Waals surface area (Å²) < 4.78 is 1.98. The Morgan fingerprint density at radius 3 is 2.62 bits per heavy atom. The van der Waals surface area contributed by atoms with Crippen molar-refractivity contribution < 1.29 is 0 Å². The molecule has 0 saturated heterocycles. The molecule has 16 heavy (non-hydrogen) atoms. The van der Waals surface area contributed by atoms with Gasteiger partial charge in [-0.05, 0) is 11.8 Å². The second-order valence-electron chi connectivity index (χ2n) is 5.01. The number of hydrogen-bond donors (Lipinski definition) is 1. The Morgan fingerprint density at radius 2 is 2.06 bits per heavy atom. The maximum absolute atomic E-state index is 6.14. The zero-order chi connectivity index (χ0) is 12.1. The summed E-state index contributed by atoms with van der Waals surface area (Å²) >= 11 is 0. The number of hydrogen-bond acceptors (Lipinski definition) is 3. The smallest absolute Gasteiger partial charge is 0.138 e. The van der Waals surface area contributed by atoms with Gasteiger partial charge in [0.05, 0.1) is 0 Å². The van der Waals surface area contributed by atoms with Gasteiger partial charge in [-0.15, -0.1) is 0 Å². The van der Waals surface area contributed by atoms with Crippen molar-refractivity contribution in [2.45, 2.75) is 53.1 Å². The van der Waals surface area contributed by atoms with Gasteiger partial charge in [0.2, 0.25) is 0 Å². The van der Waals surface area contributed by atoms with Crippen LogP contribution in [-0.2, 0) is 13.0 Å². The van der Waals surface area contributed by atoms with E-state index < -0.39 is 0 Å². The van der Waals surface area contributed by atoms with Crippen LogP contribution in [0.3, 0.4) is 0 Å². The first-order valence-electron chi connectivity index (χ1n) is 6.16. The monoisotopic (exact) mass is 224 g/mol. The van der Waals surface area contributed by atoms with E-state index in [2.05, 4.69) is 37.8 Å². The van der Waals surface area contributed by atoms with Gasteiger partial charge in [0, 0.05) is 19.0 Å². The number of rotatable bonds is 6. The first-order valence-corrected chi connectivity index (χ1v) is 6.16. The molecule has 0 saturated carbocycles. The van der Waals surface area contributed by atoms with E-state index in [4.69, 9.17) is 5.73 Å². The van der Waals surface area contributed by atoms with Crippen LogP contribution in [-0.4, -0.2) is 20.8 Å². The van der Waals surface area contributed by atoms with Crippen LogP contribution in [0, 0.1) is 11.8 Å². The van der Waals surface area contributed by atoms with Crippen molar-refractivity contribution in [1.82, 2.24) is 14.8 Å². The molecule has 2 N–H and O–H groups in total. The minimum absolute atomic E-state index is 0.181. The predicted molar refractivity (Wildman–Crippen MR) is 66.0 cm³/mol. The average molecular weight is 224 g/mol. The molecule has 2 unspecified atom stereocenters. The highest BCUT2D eigenvalue weighted by Gasteiger charge is 2.15. The Hall–Kier alpha value is -0.900. The fourth-order valence-electron chi connectivity index (χ4n) is 1.66. The highest BCUT2D eigenvalue weighted by molar-refractivity contribution is 4.90. The van der Waals surface area contributed by atoms with Gasteiger partial charge < -0.3 is 5.73 Å². The molecule has 0 aliphatic rings. The summed E-state index contributed by atoms with van der Waals surface area (Å²) in [5, 5.41) is 4.24. The molecule has 2 atom stereocenters.